The fourth-order valence-corrected chi connectivity index (χ4v) is 2.35. The van der Waals surface area contributed by atoms with Crippen molar-refractivity contribution in [3.8, 4) is 0 Å². The number of halogens is 1. The summed E-state index contributed by atoms with van der Waals surface area (Å²) in [6, 6.07) is 3.92. The van der Waals surface area contributed by atoms with Gasteiger partial charge < -0.3 is 4.90 Å². The third-order valence-corrected chi connectivity index (χ3v) is 3.27. The molecule has 0 aromatic carbocycles. The monoisotopic (exact) mass is 238 g/mol. The van der Waals surface area contributed by atoms with Crippen molar-refractivity contribution in [1.82, 2.24) is 9.88 Å². The lowest BCUT2D eigenvalue weighted by Gasteiger charge is -2.35. The molecule has 0 unspecified atom stereocenters. The van der Waals surface area contributed by atoms with Gasteiger partial charge in [-0.15, -0.1) is 0 Å². The van der Waals surface area contributed by atoms with Crippen molar-refractivity contribution in [2.75, 3.05) is 6.54 Å². The topological polar surface area (TPSA) is 33.2 Å². The lowest BCUT2D eigenvalue weighted by atomic mass is 9.96. The summed E-state index contributed by atoms with van der Waals surface area (Å²) < 4.78 is 0. The minimum absolute atomic E-state index is 0.139. The molecule has 1 saturated heterocycles. The zero-order chi connectivity index (χ0) is 11.5. The average molecular weight is 239 g/mol. The second kappa shape index (κ2) is 4.83. The molecule has 0 N–H and O–H groups in total. The number of rotatable bonds is 1. The first-order valence-electron chi connectivity index (χ1n) is 5.57. The van der Waals surface area contributed by atoms with Gasteiger partial charge in [-0.25, -0.2) is 4.98 Å². The standard InChI is InChI=1S/C12H15ClN2O/c1-9(16)15-7-3-2-4-11(15)10-5-6-12(13)14-8-10/h5-6,8,11H,2-4,7H2,1H3/t11-/m1/s1. The maximum absolute atomic E-state index is 11.5. The van der Waals surface area contributed by atoms with Crippen molar-refractivity contribution in [1.29, 1.82) is 0 Å². The third kappa shape index (κ3) is 2.35. The molecule has 3 nitrogen and oxygen atoms in total. The molecule has 1 aliphatic heterocycles. The number of amides is 1. The van der Waals surface area contributed by atoms with Gasteiger partial charge in [-0.3, -0.25) is 4.79 Å². The fraction of sp³-hybridized carbons (Fsp3) is 0.500. The summed E-state index contributed by atoms with van der Waals surface area (Å²) in [5.74, 6) is 0.139. The number of carbonyl (C=O) groups is 1. The van der Waals surface area contributed by atoms with Gasteiger partial charge in [0, 0.05) is 19.7 Å². The summed E-state index contributed by atoms with van der Waals surface area (Å²) in [4.78, 5) is 17.5. The Hall–Kier alpha value is -1.09. The van der Waals surface area contributed by atoms with Crippen LogP contribution in [0.4, 0.5) is 0 Å². The Morgan fingerprint density at radius 1 is 1.50 bits per heavy atom. The van der Waals surface area contributed by atoms with E-state index in [2.05, 4.69) is 4.98 Å². The molecule has 1 aliphatic rings. The van der Waals surface area contributed by atoms with Gasteiger partial charge in [-0.1, -0.05) is 17.7 Å². The molecule has 0 saturated carbocycles. The fourth-order valence-electron chi connectivity index (χ4n) is 2.24. The Balaban J connectivity index is 2.23. The van der Waals surface area contributed by atoms with Gasteiger partial charge in [0.15, 0.2) is 0 Å². The molecule has 2 heterocycles. The van der Waals surface area contributed by atoms with E-state index < -0.39 is 0 Å². The van der Waals surface area contributed by atoms with Crippen LogP contribution in [0.2, 0.25) is 5.15 Å². The van der Waals surface area contributed by atoms with Crippen LogP contribution >= 0.6 is 11.6 Å². The van der Waals surface area contributed by atoms with Gasteiger partial charge in [0.2, 0.25) is 5.91 Å². The van der Waals surface area contributed by atoms with E-state index in [0.29, 0.717) is 5.15 Å². The molecule has 1 aromatic heterocycles. The van der Waals surface area contributed by atoms with Gasteiger partial charge in [-0.05, 0) is 30.9 Å². The zero-order valence-electron chi connectivity index (χ0n) is 9.32. The van der Waals surface area contributed by atoms with Crippen molar-refractivity contribution in [3.63, 3.8) is 0 Å². The first kappa shape index (κ1) is 11.4. The predicted molar refractivity (Wildman–Crippen MR) is 63.2 cm³/mol. The van der Waals surface area contributed by atoms with E-state index in [-0.39, 0.29) is 11.9 Å². The van der Waals surface area contributed by atoms with Gasteiger partial charge in [-0.2, -0.15) is 0 Å². The molecule has 2 rings (SSSR count). The van der Waals surface area contributed by atoms with E-state index in [4.69, 9.17) is 11.6 Å². The number of piperidine rings is 1. The van der Waals surface area contributed by atoms with E-state index in [1.807, 2.05) is 11.0 Å². The minimum atomic E-state index is 0.139. The van der Waals surface area contributed by atoms with Crippen LogP contribution in [0.1, 0.15) is 37.8 Å². The lowest BCUT2D eigenvalue weighted by Crippen LogP contribution is -2.36. The molecule has 4 heteroatoms. The van der Waals surface area contributed by atoms with Crippen molar-refractivity contribution in [3.05, 3.63) is 29.0 Å². The summed E-state index contributed by atoms with van der Waals surface area (Å²) in [6.45, 7) is 2.48. The Morgan fingerprint density at radius 2 is 2.31 bits per heavy atom. The van der Waals surface area contributed by atoms with Gasteiger partial charge in [0.1, 0.15) is 5.15 Å². The van der Waals surface area contributed by atoms with Crippen LogP contribution in [-0.2, 0) is 4.79 Å². The maximum atomic E-state index is 11.5. The SMILES string of the molecule is CC(=O)N1CCCC[C@@H]1c1ccc(Cl)nc1. The molecule has 1 atom stereocenters. The molecule has 86 valence electrons. The summed E-state index contributed by atoms with van der Waals surface area (Å²) in [6.07, 6.45) is 5.05. The van der Waals surface area contributed by atoms with E-state index in [1.165, 1.54) is 0 Å². The first-order valence-corrected chi connectivity index (χ1v) is 5.95. The number of likely N-dealkylation sites (tertiary alicyclic amines) is 1. The maximum Gasteiger partial charge on any atom is 0.219 e. The van der Waals surface area contributed by atoms with E-state index in [0.717, 1.165) is 31.4 Å². The van der Waals surface area contributed by atoms with Crippen molar-refractivity contribution < 1.29 is 4.79 Å². The zero-order valence-corrected chi connectivity index (χ0v) is 10.1. The number of hydrogen-bond acceptors (Lipinski definition) is 2. The van der Waals surface area contributed by atoms with Crippen molar-refractivity contribution in [2.24, 2.45) is 0 Å². The molecule has 1 fully saturated rings. The molecule has 16 heavy (non-hydrogen) atoms. The normalized spacial score (nSPS) is 20.9. The van der Waals surface area contributed by atoms with E-state index in [1.54, 1.807) is 19.2 Å². The van der Waals surface area contributed by atoms with Gasteiger partial charge in [0.05, 0.1) is 6.04 Å². The van der Waals surface area contributed by atoms with E-state index >= 15 is 0 Å². The number of nitrogens with zero attached hydrogens (tertiary/aromatic N) is 2. The molecule has 0 spiro atoms. The Morgan fingerprint density at radius 3 is 2.94 bits per heavy atom. The van der Waals surface area contributed by atoms with Crippen LogP contribution in [0.25, 0.3) is 0 Å². The second-order valence-electron chi connectivity index (χ2n) is 4.14. The van der Waals surface area contributed by atoms with Gasteiger partial charge in [0.25, 0.3) is 0 Å². The molecular weight excluding hydrogens is 224 g/mol. The molecular formula is C12H15ClN2O. The molecule has 0 radical (unpaired) electrons. The molecule has 0 bridgehead atoms. The van der Waals surface area contributed by atoms with Crippen molar-refractivity contribution in [2.45, 2.75) is 32.2 Å². The first-order chi connectivity index (χ1) is 7.68. The highest BCUT2D eigenvalue weighted by Gasteiger charge is 2.25. The number of carbonyl (C=O) groups excluding carboxylic acids is 1. The number of pyridine rings is 1. The number of hydrogen-bond donors (Lipinski definition) is 0. The average Bonchev–Trinajstić information content (AvgIpc) is 2.30. The highest BCUT2D eigenvalue weighted by molar-refractivity contribution is 6.29. The third-order valence-electron chi connectivity index (χ3n) is 3.04. The lowest BCUT2D eigenvalue weighted by molar-refractivity contribution is -0.132. The molecule has 0 aliphatic carbocycles. The summed E-state index contributed by atoms with van der Waals surface area (Å²) in [5.41, 5.74) is 1.08. The van der Waals surface area contributed by atoms with Crippen LogP contribution < -0.4 is 0 Å². The van der Waals surface area contributed by atoms with Crippen LogP contribution in [0, 0.1) is 0 Å². The number of aromatic nitrogens is 1. The summed E-state index contributed by atoms with van der Waals surface area (Å²) in [7, 11) is 0. The quantitative estimate of drug-likeness (QED) is 0.705. The predicted octanol–water partition coefficient (Wildman–Crippen LogP) is 2.81. The van der Waals surface area contributed by atoms with Gasteiger partial charge >= 0.3 is 0 Å². The van der Waals surface area contributed by atoms with E-state index in [9.17, 15) is 4.79 Å². The smallest absolute Gasteiger partial charge is 0.219 e. The van der Waals surface area contributed by atoms with Crippen LogP contribution in [0.3, 0.4) is 0 Å². The van der Waals surface area contributed by atoms with Crippen molar-refractivity contribution >= 4 is 17.5 Å². The van der Waals surface area contributed by atoms with Crippen LogP contribution in [-0.4, -0.2) is 22.3 Å². The highest BCUT2D eigenvalue weighted by Crippen LogP contribution is 2.30. The minimum Gasteiger partial charge on any atom is -0.336 e. The largest absolute Gasteiger partial charge is 0.336 e. The second-order valence-corrected chi connectivity index (χ2v) is 4.53. The molecule has 1 amide bonds. The Labute approximate surface area is 100 Å². The Kier molecular flexibility index (Phi) is 3.44. The summed E-state index contributed by atoms with van der Waals surface area (Å²) >= 11 is 5.76. The highest BCUT2D eigenvalue weighted by atomic mass is 35.5. The van der Waals surface area contributed by atoms with Crippen LogP contribution in [0.15, 0.2) is 18.3 Å². The summed E-state index contributed by atoms with van der Waals surface area (Å²) in [5, 5.41) is 0.494. The molecule has 1 aromatic rings. The Bertz CT molecular complexity index is 377. The van der Waals surface area contributed by atoms with Crippen LogP contribution in [0.5, 0.6) is 0 Å².